The molecule has 0 saturated carbocycles. The highest BCUT2D eigenvalue weighted by molar-refractivity contribution is 7.98. The molecule has 5 nitrogen and oxygen atoms in total. The molecule has 2 heterocycles. The molecule has 2 aromatic heterocycles. The lowest BCUT2D eigenvalue weighted by Crippen LogP contribution is -2.38. The van der Waals surface area contributed by atoms with Gasteiger partial charge in [-0.3, -0.25) is 10.4 Å². The minimum atomic E-state index is -4.56. The number of hydrazine groups is 1. The van der Waals surface area contributed by atoms with Gasteiger partial charge < -0.3 is 0 Å². The smallest absolute Gasteiger partial charge is 0.272 e. The van der Waals surface area contributed by atoms with Gasteiger partial charge in [0, 0.05) is 23.6 Å². The van der Waals surface area contributed by atoms with Crippen LogP contribution in [0.25, 0.3) is 11.3 Å². The normalized spacial score (nSPS) is 12.1. The summed E-state index contributed by atoms with van der Waals surface area (Å²) < 4.78 is 40.1. The van der Waals surface area contributed by atoms with Crippen LogP contribution in [0.15, 0.2) is 46.9 Å². The highest BCUT2D eigenvalue weighted by Crippen LogP contribution is 2.33. The van der Waals surface area contributed by atoms with E-state index in [2.05, 4.69) is 20.4 Å². The number of hydrogen-bond donors (Lipinski definition) is 1. The molecule has 0 aliphatic rings. The second-order valence-electron chi connectivity index (χ2n) is 7.76. The summed E-state index contributed by atoms with van der Waals surface area (Å²) in [6.45, 7) is 6.41. The summed E-state index contributed by atoms with van der Waals surface area (Å²) in [4.78, 5) is 12.5. The first-order valence-electron chi connectivity index (χ1n) is 9.10. The molecule has 0 spiro atoms. The third-order valence-corrected chi connectivity index (χ3v) is 5.17. The third kappa shape index (κ3) is 5.85. The minimum Gasteiger partial charge on any atom is -0.272 e. The Morgan fingerprint density at radius 3 is 2.37 bits per heavy atom. The number of thiazole rings is 1. The first-order chi connectivity index (χ1) is 14.0. The Morgan fingerprint density at radius 1 is 1.07 bits per heavy atom. The average molecular weight is 454 g/mol. The standard InChI is InChI=1S/C20H22F3N5S2/c1-19(2,3)12-28(16-10-15(20(21,22)23)25-17(26-16)29-4)27-18-24-14(11-30-18)13-8-6-5-7-9-13/h5-11H,12H2,1-4H3,(H,24,27). The Morgan fingerprint density at radius 2 is 1.77 bits per heavy atom. The molecule has 0 saturated heterocycles. The Hall–Kier alpha value is -2.33. The topological polar surface area (TPSA) is 53.9 Å². The van der Waals surface area contributed by atoms with Gasteiger partial charge in [-0.05, 0) is 11.7 Å². The van der Waals surface area contributed by atoms with Gasteiger partial charge in [-0.15, -0.1) is 11.3 Å². The second-order valence-corrected chi connectivity index (χ2v) is 9.39. The predicted octanol–water partition coefficient (Wildman–Crippen LogP) is 6.22. The number of rotatable bonds is 6. The second kappa shape index (κ2) is 8.81. The molecule has 0 aliphatic heterocycles. The monoisotopic (exact) mass is 453 g/mol. The number of anilines is 2. The zero-order valence-electron chi connectivity index (χ0n) is 17.0. The van der Waals surface area contributed by atoms with Crippen molar-refractivity contribution in [3.8, 4) is 11.3 Å². The first kappa shape index (κ1) is 22.4. The van der Waals surface area contributed by atoms with E-state index >= 15 is 0 Å². The number of thioether (sulfide) groups is 1. The molecule has 3 rings (SSSR count). The van der Waals surface area contributed by atoms with Gasteiger partial charge in [-0.1, -0.05) is 62.9 Å². The fourth-order valence-electron chi connectivity index (χ4n) is 2.62. The summed E-state index contributed by atoms with van der Waals surface area (Å²) in [5.74, 6) is 0.146. The summed E-state index contributed by atoms with van der Waals surface area (Å²) in [5.41, 5.74) is 3.72. The molecule has 0 atom stereocenters. The Bertz CT molecular complexity index is 984. The summed E-state index contributed by atoms with van der Waals surface area (Å²) in [6.07, 6.45) is -2.91. The molecule has 30 heavy (non-hydrogen) atoms. The summed E-state index contributed by atoms with van der Waals surface area (Å²) >= 11 is 2.44. The maximum atomic E-state index is 13.4. The highest BCUT2D eigenvalue weighted by atomic mass is 32.2. The van der Waals surface area contributed by atoms with Gasteiger partial charge in [0.15, 0.2) is 16.7 Å². The Kier molecular flexibility index (Phi) is 6.56. The fourth-order valence-corrected chi connectivity index (χ4v) is 3.72. The van der Waals surface area contributed by atoms with Crippen molar-refractivity contribution < 1.29 is 13.2 Å². The molecular weight excluding hydrogens is 431 g/mol. The largest absolute Gasteiger partial charge is 0.433 e. The molecule has 10 heteroatoms. The zero-order valence-corrected chi connectivity index (χ0v) is 18.6. The molecular formula is C20H22F3N5S2. The average Bonchev–Trinajstić information content (AvgIpc) is 3.14. The van der Waals surface area contributed by atoms with E-state index in [1.807, 2.05) is 56.5 Å². The van der Waals surface area contributed by atoms with E-state index in [4.69, 9.17) is 0 Å². The number of aromatic nitrogens is 3. The molecule has 1 aromatic carbocycles. The van der Waals surface area contributed by atoms with Crippen LogP contribution in [0.2, 0.25) is 0 Å². The van der Waals surface area contributed by atoms with Crippen molar-refractivity contribution in [3.63, 3.8) is 0 Å². The summed E-state index contributed by atoms with van der Waals surface area (Å²) in [5, 5.41) is 4.13. The number of halogens is 3. The molecule has 0 aliphatic carbocycles. The van der Waals surface area contributed by atoms with Crippen molar-refractivity contribution in [1.82, 2.24) is 15.0 Å². The first-order valence-corrected chi connectivity index (χ1v) is 11.2. The Balaban J connectivity index is 1.96. The highest BCUT2D eigenvalue weighted by Gasteiger charge is 2.34. The molecule has 0 fully saturated rings. The van der Waals surface area contributed by atoms with Crippen molar-refractivity contribution >= 4 is 34.0 Å². The fraction of sp³-hybridized carbons (Fsp3) is 0.350. The third-order valence-electron chi connectivity index (χ3n) is 3.88. The van der Waals surface area contributed by atoms with Crippen molar-refractivity contribution in [1.29, 1.82) is 0 Å². The van der Waals surface area contributed by atoms with E-state index in [1.165, 1.54) is 11.3 Å². The van der Waals surface area contributed by atoms with E-state index in [0.717, 1.165) is 29.1 Å². The maximum absolute atomic E-state index is 13.4. The van der Waals surface area contributed by atoms with Crippen LogP contribution in [0.3, 0.4) is 0 Å². The number of nitrogens with one attached hydrogen (secondary N) is 1. The van der Waals surface area contributed by atoms with Crippen LogP contribution < -0.4 is 10.4 Å². The van der Waals surface area contributed by atoms with Crippen LogP contribution in [0.5, 0.6) is 0 Å². The lowest BCUT2D eigenvalue weighted by atomic mass is 9.97. The minimum absolute atomic E-state index is 0.0599. The molecule has 0 radical (unpaired) electrons. The van der Waals surface area contributed by atoms with E-state index in [9.17, 15) is 13.2 Å². The van der Waals surface area contributed by atoms with Gasteiger partial charge >= 0.3 is 6.18 Å². The number of benzene rings is 1. The van der Waals surface area contributed by atoms with Gasteiger partial charge in [0.05, 0.1) is 5.69 Å². The van der Waals surface area contributed by atoms with Crippen molar-refractivity contribution in [2.45, 2.75) is 32.1 Å². The number of nitrogens with zero attached hydrogens (tertiary/aromatic N) is 4. The van der Waals surface area contributed by atoms with Crippen LogP contribution in [0, 0.1) is 5.41 Å². The molecule has 0 unspecified atom stereocenters. The molecule has 1 N–H and O–H groups in total. The van der Waals surface area contributed by atoms with E-state index in [-0.39, 0.29) is 16.4 Å². The summed E-state index contributed by atoms with van der Waals surface area (Å²) in [6, 6.07) is 10.7. The van der Waals surface area contributed by atoms with Crippen molar-refractivity contribution in [2.24, 2.45) is 5.41 Å². The zero-order chi connectivity index (χ0) is 21.9. The van der Waals surface area contributed by atoms with Crippen LogP contribution in [-0.2, 0) is 6.18 Å². The molecule has 0 amide bonds. The summed E-state index contributed by atoms with van der Waals surface area (Å²) in [7, 11) is 0. The molecule has 160 valence electrons. The van der Waals surface area contributed by atoms with Crippen molar-refractivity contribution in [2.75, 3.05) is 23.2 Å². The Labute approximate surface area is 181 Å². The van der Waals surface area contributed by atoms with Gasteiger partial charge in [0.2, 0.25) is 5.13 Å². The van der Waals surface area contributed by atoms with Gasteiger partial charge in [-0.25, -0.2) is 15.0 Å². The van der Waals surface area contributed by atoms with Crippen LogP contribution >= 0.6 is 23.1 Å². The maximum Gasteiger partial charge on any atom is 0.433 e. The molecule has 3 aromatic rings. The van der Waals surface area contributed by atoms with Crippen LogP contribution in [-0.4, -0.2) is 27.8 Å². The van der Waals surface area contributed by atoms with E-state index in [1.54, 1.807) is 11.3 Å². The van der Waals surface area contributed by atoms with Gasteiger partial charge in [0.1, 0.15) is 0 Å². The van der Waals surface area contributed by atoms with E-state index in [0.29, 0.717) is 11.7 Å². The number of hydrogen-bond acceptors (Lipinski definition) is 7. The van der Waals surface area contributed by atoms with Crippen LogP contribution in [0.1, 0.15) is 26.5 Å². The van der Waals surface area contributed by atoms with E-state index < -0.39 is 11.9 Å². The predicted molar refractivity (Wildman–Crippen MR) is 117 cm³/mol. The van der Waals surface area contributed by atoms with Gasteiger partial charge in [0.25, 0.3) is 0 Å². The lowest BCUT2D eigenvalue weighted by Gasteiger charge is -2.31. The quantitative estimate of drug-likeness (QED) is 0.272. The lowest BCUT2D eigenvalue weighted by molar-refractivity contribution is -0.141. The van der Waals surface area contributed by atoms with Crippen molar-refractivity contribution in [3.05, 3.63) is 47.5 Å². The van der Waals surface area contributed by atoms with Gasteiger partial charge in [-0.2, -0.15) is 13.2 Å². The molecule has 0 bridgehead atoms. The SMILES string of the molecule is CSc1nc(N(CC(C)(C)C)Nc2nc(-c3ccccc3)cs2)cc(C(F)(F)F)n1. The number of alkyl halides is 3. The van der Waals surface area contributed by atoms with Crippen LogP contribution in [0.4, 0.5) is 24.1 Å².